The van der Waals surface area contributed by atoms with Crippen LogP contribution >= 0.6 is 0 Å². The summed E-state index contributed by atoms with van der Waals surface area (Å²) in [6.45, 7) is 6.25. The van der Waals surface area contributed by atoms with E-state index in [0.717, 1.165) is 24.3 Å². The molecule has 0 bridgehead atoms. The predicted octanol–water partition coefficient (Wildman–Crippen LogP) is 1.83. The predicted molar refractivity (Wildman–Crippen MR) is 94.9 cm³/mol. The molecule has 3 rings (SSSR count). The van der Waals surface area contributed by atoms with Crippen molar-refractivity contribution >= 4 is 5.91 Å². The van der Waals surface area contributed by atoms with E-state index in [0.29, 0.717) is 23.9 Å². The number of hydrogen-bond acceptors (Lipinski definition) is 5. The first-order chi connectivity index (χ1) is 12.0. The minimum Gasteiger partial charge on any atom is -0.491 e. The highest BCUT2D eigenvalue weighted by Gasteiger charge is 2.32. The third kappa shape index (κ3) is 3.99. The number of carbonyl (C=O) groups excluding carboxylic acids is 1. The lowest BCUT2D eigenvalue weighted by Crippen LogP contribution is -2.42. The van der Waals surface area contributed by atoms with E-state index in [4.69, 9.17) is 10.5 Å². The van der Waals surface area contributed by atoms with E-state index in [2.05, 4.69) is 15.6 Å². The Morgan fingerprint density at radius 2 is 2.04 bits per heavy atom. The highest BCUT2D eigenvalue weighted by atomic mass is 16.5. The second-order valence-electron chi connectivity index (χ2n) is 6.75. The summed E-state index contributed by atoms with van der Waals surface area (Å²) >= 11 is 0. The van der Waals surface area contributed by atoms with Crippen molar-refractivity contribution in [3.05, 3.63) is 35.7 Å². The molecule has 7 nitrogen and oxygen atoms in total. The molecule has 2 aromatic rings. The highest BCUT2D eigenvalue weighted by molar-refractivity contribution is 5.93. The molecule has 1 aromatic heterocycles. The number of nitrogens with one attached hydrogen (secondary N) is 1. The summed E-state index contributed by atoms with van der Waals surface area (Å²) in [5.74, 6) is 1.08. The highest BCUT2D eigenvalue weighted by Crippen LogP contribution is 2.32. The average molecular weight is 343 g/mol. The van der Waals surface area contributed by atoms with Crippen molar-refractivity contribution in [2.24, 2.45) is 11.7 Å². The fourth-order valence-corrected chi connectivity index (χ4v) is 2.83. The molecule has 7 heteroatoms. The average Bonchev–Trinajstić information content (AvgIpc) is 3.35. The van der Waals surface area contributed by atoms with Gasteiger partial charge in [-0.3, -0.25) is 4.79 Å². The Labute approximate surface area is 147 Å². The summed E-state index contributed by atoms with van der Waals surface area (Å²) < 4.78 is 7.30. The van der Waals surface area contributed by atoms with Crippen LogP contribution in [0.3, 0.4) is 0 Å². The molecule has 1 atom stereocenters. The molecule has 1 heterocycles. The maximum absolute atomic E-state index is 12.5. The van der Waals surface area contributed by atoms with Crippen molar-refractivity contribution in [3.8, 4) is 11.4 Å². The van der Waals surface area contributed by atoms with Gasteiger partial charge in [-0.15, -0.1) is 5.10 Å². The molecule has 0 aliphatic heterocycles. The van der Waals surface area contributed by atoms with E-state index < -0.39 is 0 Å². The lowest BCUT2D eigenvalue weighted by atomic mass is 10.2. The Kier molecular flexibility index (Phi) is 5.03. The van der Waals surface area contributed by atoms with E-state index >= 15 is 0 Å². The van der Waals surface area contributed by atoms with Crippen LogP contribution in [0, 0.1) is 12.8 Å². The van der Waals surface area contributed by atoms with Gasteiger partial charge in [-0.05, 0) is 63.8 Å². The van der Waals surface area contributed by atoms with Gasteiger partial charge in [0.25, 0.3) is 5.91 Å². The molecule has 134 valence electrons. The van der Waals surface area contributed by atoms with Gasteiger partial charge in [-0.2, -0.15) is 0 Å². The molecule has 1 unspecified atom stereocenters. The molecule has 25 heavy (non-hydrogen) atoms. The SMILES string of the molecule is Cc1c(C(=O)NC(CN)C2CC2)nnn1-c1ccc(OC(C)C)cc1. The minimum atomic E-state index is -0.217. The molecule has 0 spiro atoms. The largest absolute Gasteiger partial charge is 0.491 e. The number of aromatic nitrogens is 3. The first-order valence-corrected chi connectivity index (χ1v) is 8.70. The van der Waals surface area contributed by atoms with Gasteiger partial charge in [0.1, 0.15) is 5.75 Å². The van der Waals surface area contributed by atoms with Crippen molar-refractivity contribution in [3.63, 3.8) is 0 Å². The Balaban J connectivity index is 1.75. The molecule has 3 N–H and O–H groups in total. The number of rotatable bonds is 7. The Hall–Kier alpha value is -2.41. The molecule has 0 saturated heterocycles. The van der Waals surface area contributed by atoms with Crippen LogP contribution in [0.1, 0.15) is 42.9 Å². The minimum absolute atomic E-state index is 0.0181. The number of amides is 1. The van der Waals surface area contributed by atoms with Gasteiger partial charge in [-0.25, -0.2) is 4.68 Å². The van der Waals surface area contributed by atoms with Gasteiger partial charge in [-0.1, -0.05) is 5.21 Å². The fourth-order valence-electron chi connectivity index (χ4n) is 2.83. The summed E-state index contributed by atoms with van der Waals surface area (Å²) in [6, 6.07) is 7.58. The number of ether oxygens (including phenoxy) is 1. The smallest absolute Gasteiger partial charge is 0.274 e. The fraction of sp³-hybridized carbons (Fsp3) is 0.500. The van der Waals surface area contributed by atoms with Crippen LogP contribution in [-0.2, 0) is 0 Å². The zero-order valence-electron chi connectivity index (χ0n) is 14.9. The quantitative estimate of drug-likeness (QED) is 0.800. The van der Waals surface area contributed by atoms with Gasteiger partial charge in [0, 0.05) is 12.6 Å². The third-order valence-corrected chi connectivity index (χ3v) is 4.32. The molecule has 0 radical (unpaired) electrons. The molecular formula is C18H25N5O2. The van der Waals surface area contributed by atoms with Crippen molar-refractivity contribution in [2.45, 2.75) is 45.8 Å². The zero-order chi connectivity index (χ0) is 18.0. The number of benzene rings is 1. The lowest BCUT2D eigenvalue weighted by Gasteiger charge is -2.15. The van der Waals surface area contributed by atoms with Crippen molar-refractivity contribution in [2.75, 3.05) is 6.54 Å². The molecule has 1 fully saturated rings. The van der Waals surface area contributed by atoms with Crippen LogP contribution in [0.15, 0.2) is 24.3 Å². The van der Waals surface area contributed by atoms with Crippen LogP contribution in [0.4, 0.5) is 0 Å². The first kappa shape index (κ1) is 17.4. The van der Waals surface area contributed by atoms with Crippen LogP contribution in [-0.4, -0.2) is 39.6 Å². The normalized spacial score (nSPS) is 15.2. The van der Waals surface area contributed by atoms with Gasteiger partial charge >= 0.3 is 0 Å². The van der Waals surface area contributed by atoms with E-state index in [1.165, 1.54) is 0 Å². The van der Waals surface area contributed by atoms with E-state index in [1.807, 2.05) is 45.0 Å². The number of nitrogens with zero attached hydrogens (tertiary/aromatic N) is 3. The van der Waals surface area contributed by atoms with Gasteiger partial charge in [0.15, 0.2) is 5.69 Å². The second kappa shape index (κ2) is 7.23. The number of carbonyl (C=O) groups is 1. The second-order valence-corrected chi connectivity index (χ2v) is 6.75. The van der Waals surface area contributed by atoms with E-state index in [1.54, 1.807) is 4.68 Å². The topological polar surface area (TPSA) is 95.1 Å². The molecule has 1 aromatic carbocycles. The Morgan fingerprint density at radius 1 is 1.36 bits per heavy atom. The van der Waals surface area contributed by atoms with Gasteiger partial charge in [0.2, 0.25) is 0 Å². The van der Waals surface area contributed by atoms with E-state index in [9.17, 15) is 4.79 Å². The molecule has 1 aliphatic carbocycles. The third-order valence-electron chi connectivity index (χ3n) is 4.32. The number of hydrogen-bond donors (Lipinski definition) is 2. The van der Waals surface area contributed by atoms with Crippen LogP contribution in [0.2, 0.25) is 0 Å². The molecule has 1 aliphatic rings. The number of nitrogens with two attached hydrogens (primary N) is 1. The lowest BCUT2D eigenvalue weighted by molar-refractivity contribution is 0.0927. The maximum atomic E-state index is 12.5. The summed E-state index contributed by atoms with van der Waals surface area (Å²) in [4.78, 5) is 12.5. The Morgan fingerprint density at radius 3 is 2.60 bits per heavy atom. The summed E-state index contributed by atoms with van der Waals surface area (Å²) in [6.07, 6.45) is 2.37. The van der Waals surface area contributed by atoms with Gasteiger partial charge < -0.3 is 15.8 Å². The Bertz CT molecular complexity index is 734. The summed E-state index contributed by atoms with van der Waals surface area (Å²) in [5.41, 5.74) is 7.62. The van der Waals surface area contributed by atoms with Crippen LogP contribution in [0.25, 0.3) is 5.69 Å². The van der Waals surface area contributed by atoms with E-state index in [-0.39, 0.29) is 18.1 Å². The summed E-state index contributed by atoms with van der Waals surface area (Å²) in [5, 5.41) is 11.2. The molecular weight excluding hydrogens is 318 g/mol. The van der Waals surface area contributed by atoms with Gasteiger partial charge in [0.05, 0.1) is 17.5 Å². The molecule has 1 amide bonds. The van der Waals surface area contributed by atoms with Crippen molar-refractivity contribution in [1.29, 1.82) is 0 Å². The van der Waals surface area contributed by atoms with Crippen molar-refractivity contribution < 1.29 is 9.53 Å². The summed E-state index contributed by atoms with van der Waals surface area (Å²) in [7, 11) is 0. The standard InChI is InChI=1S/C18H25N5O2/c1-11(2)25-15-8-6-14(7-9-15)23-12(3)17(21-22-23)18(24)20-16(10-19)13-4-5-13/h6-9,11,13,16H,4-5,10,19H2,1-3H3,(H,20,24). The first-order valence-electron chi connectivity index (χ1n) is 8.70. The monoisotopic (exact) mass is 343 g/mol. The maximum Gasteiger partial charge on any atom is 0.274 e. The van der Waals surface area contributed by atoms with Crippen LogP contribution < -0.4 is 15.8 Å². The molecule has 1 saturated carbocycles. The zero-order valence-corrected chi connectivity index (χ0v) is 14.9. The van der Waals surface area contributed by atoms with Crippen LogP contribution in [0.5, 0.6) is 5.75 Å². The van der Waals surface area contributed by atoms with Crippen molar-refractivity contribution in [1.82, 2.24) is 20.3 Å².